The molecule has 1 atom stereocenters. The first kappa shape index (κ1) is 15.8. The van der Waals surface area contributed by atoms with E-state index in [2.05, 4.69) is 4.99 Å². The Kier molecular flexibility index (Phi) is 5.55. The molecule has 100 valence electrons. The van der Waals surface area contributed by atoms with Crippen molar-refractivity contribution in [1.82, 2.24) is 0 Å². The van der Waals surface area contributed by atoms with Crippen LogP contribution in [0.2, 0.25) is 0 Å². The third-order valence-corrected chi connectivity index (χ3v) is 2.35. The fourth-order valence-corrected chi connectivity index (χ4v) is 0.866. The number of hydrogen-bond acceptors (Lipinski definition) is 4. The van der Waals surface area contributed by atoms with Crippen molar-refractivity contribution in [3.63, 3.8) is 0 Å². The predicted octanol–water partition coefficient (Wildman–Crippen LogP) is 0.946. The van der Waals surface area contributed by atoms with Gasteiger partial charge in [0.1, 0.15) is 0 Å². The van der Waals surface area contributed by atoms with Crippen molar-refractivity contribution in [2.75, 3.05) is 6.54 Å². The van der Waals surface area contributed by atoms with Crippen molar-refractivity contribution in [1.29, 1.82) is 0 Å². The van der Waals surface area contributed by atoms with Crippen LogP contribution < -0.4 is 0 Å². The zero-order chi connectivity index (χ0) is 13.7. The van der Waals surface area contributed by atoms with Gasteiger partial charge < -0.3 is 5.11 Å². The Balaban J connectivity index is 0.000000304. The van der Waals surface area contributed by atoms with Crippen molar-refractivity contribution >= 4 is 22.3 Å². The molecule has 0 aromatic rings. The van der Waals surface area contributed by atoms with Gasteiger partial charge in [-0.1, -0.05) is 0 Å². The van der Waals surface area contributed by atoms with Crippen molar-refractivity contribution in [2.45, 2.75) is 18.3 Å². The quantitative estimate of drug-likeness (QED) is 0.548. The molecule has 1 aliphatic heterocycles. The predicted molar refractivity (Wildman–Crippen MR) is 51.3 cm³/mol. The molecule has 0 radical (unpaired) electrons. The highest BCUT2D eigenvalue weighted by Gasteiger charge is 2.44. The van der Waals surface area contributed by atoms with Crippen LogP contribution in [0.1, 0.15) is 12.8 Å². The lowest BCUT2D eigenvalue weighted by molar-refractivity contribution is -0.141. The molecule has 1 heterocycles. The van der Waals surface area contributed by atoms with Gasteiger partial charge in [0.2, 0.25) is 0 Å². The van der Waals surface area contributed by atoms with Gasteiger partial charge in [0.25, 0.3) is 0 Å². The third kappa shape index (κ3) is 6.22. The van der Waals surface area contributed by atoms with Gasteiger partial charge in [0, 0.05) is 6.54 Å². The Morgan fingerprint density at radius 3 is 2.06 bits per heavy atom. The van der Waals surface area contributed by atoms with E-state index < -0.39 is 21.6 Å². The molecule has 1 rings (SSSR count). The first-order chi connectivity index (χ1) is 7.55. The largest absolute Gasteiger partial charge is 0.522 e. The lowest BCUT2D eigenvalue weighted by Gasteiger charge is -2.10. The zero-order valence-electron chi connectivity index (χ0n) is 8.38. The first-order valence-electron chi connectivity index (χ1n) is 4.30. The van der Waals surface area contributed by atoms with Crippen LogP contribution in [0.3, 0.4) is 0 Å². The molecule has 0 amide bonds. The van der Waals surface area contributed by atoms with E-state index in [0.29, 0.717) is 19.4 Å². The van der Waals surface area contributed by atoms with Crippen molar-refractivity contribution < 1.29 is 36.0 Å². The Morgan fingerprint density at radius 2 is 1.88 bits per heavy atom. The van der Waals surface area contributed by atoms with Crippen LogP contribution in [-0.4, -0.2) is 42.3 Å². The van der Waals surface area contributed by atoms with Gasteiger partial charge in [-0.05, 0) is 19.1 Å². The number of alkyl halides is 3. The Bertz CT molecular complexity index is 389. The summed E-state index contributed by atoms with van der Waals surface area (Å²) >= 11 is 0. The van der Waals surface area contributed by atoms with E-state index in [1.165, 1.54) is 0 Å². The highest BCUT2D eigenvalue weighted by molar-refractivity contribution is 7.86. The number of carboxylic acid groups (broad SMARTS) is 1. The minimum atomic E-state index is -5.84. The molecular weight excluding hydrogens is 267 g/mol. The van der Waals surface area contributed by atoms with Crippen LogP contribution in [0, 0.1) is 5.92 Å². The summed E-state index contributed by atoms with van der Waals surface area (Å²) in [6.45, 7) is 0.678. The SMILES string of the molecule is O=C(O)C1CC=NCC1.O=S(=O)(O)C(F)(F)F. The number of aliphatic carboxylic acids is 1. The molecular formula is C7H10F3NO5S. The fraction of sp³-hybridized carbons (Fsp3) is 0.714. The zero-order valence-corrected chi connectivity index (χ0v) is 9.20. The summed E-state index contributed by atoms with van der Waals surface area (Å²) < 4.78 is 57.5. The second-order valence-electron chi connectivity index (χ2n) is 3.07. The number of rotatable bonds is 1. The van der Waals surface area contributed by atoms with Crippen LogP contribution in [0.15, 0.2) is 4.99 Å². The van der Waals surface area contributed by atoms with Crippen molar-refractivity contribution in [3.8, 4) is 0 Å². The standard InChI is InChI=1S/C6H9NO2.CHF3O3S/c8-6(9)5-1-3-7-4-2-5;2-1(3,4)8(5,6)7/h3,5H,1-2,4H2,(H,8,9);(H,5,6,7). The number of halogens is 3. The smallest absolute Gasteiger partial charge is 0.481 e. The monoisotopic (exact) mass is 277 g/mol. The highest BCUT2D eigenvalue weighted by atomic mass is 32.2. The van der Waals surface area contributed by atoms with Gasteiger partial charge in [0.15, 0.2) is 0 Å². The second kappa shape index (κ2) is 5.96. The van der Waals surface area contributed by atoms with Crippen LogP contribution in [-0.2, 0) is 14.9 Å². The van der Waals surface area contributed by atoms with Crippen LogP contribution >= 0.6 is 0 Å². The molecule has 1 aliphatic rings. The summed E-state index contributed by atoms with van der Waals surface area (Å²) in [4.78, 5) is 14.2. The number of aliphatic imine (C=N–C) groups is 1. The molecule has 1 unspecified atom stereocenters. The molecule has 0 aromatic carbocycles. The lowest BCUT2D eigenvalue weighted by Crippen LogP contribution is -2.21. The number of carboxylic acids is 1. The second-order valence-corrected chi connectivity index (χ2v) is 4.48. The fourth-order valence-electron chi connectivity index (χ4n) is 0.866. The van der Waals surface area contributed by atoms with Crippen molar-refractivity contribution in [3.05, 3.63) is 0 Å². The summed E-state index contributed by atoms with van der Waals surface area (Å²) in [6.07, 6.45) is 3.00. The average molecular weight is 277 g/mol. The molecule has 0 fully saturated rings. The summed E-state index contributed by atoms with van der Waals surface area (Å²) in [5, 5.41) is 8.48. The molecule has 0 saturated heterocycles. The van der Waals surface area contributed by atoms with E-state index in [-0.39, 0.29) is 5.92 Å². The summed E-state index contributed by atoms with van der Waals surface area (Å²) in [7, 11) is -5.84. The third-order valence-electron chi connectivity index (χ3n) is 1.77. The lowest BCUT2D eigenvalue weighted by atomic mass is 10.0. The van der Waals surface area contributed by atoms with Gasteiger partial charge in [-0.15, -0.1) is 0 Å². The summed E-state index contributed by atoms with van der Waals surface area (Å²) in [5.41, 5.74) is -5.53. The number of carbonyl (C=O) groups is 1. The van der Waals surface area contributed by atoms with Gasteiger partial charge in [0.05, 0.1) is 5.92 Å². The molecule has 10 heteroatoms. The topological polar surface area (TPSA) is 104 Å². The van der Waals surface area contributed by atoms with E-state index >= 15 is 0 Å². The minimum absolute atomic E-state index is 0.178. The molecule has 0 aliphatic carbocycles. The van der Waals surface area contributed by atoms with Gasteiger partial charge >= 0.3 is 21.6 Å². The van der Waals surface area contributed by atoms with Crippen LogP contribution in [0.5, 0.6) is 0 Å². The van der Waals surface area contributed by atoms with Crippen LogP contribution in [0.25, 0.3) is 0 Å². The molecule has 0 bridgehead atoms. The minimum Gasteiger partial charge on any atom is -0.481 e. The summed E-state index contributed by atoms with van der Waals surface area (Å²) in [5.74, 6) is -0.872. The average Bonchev–Trinajstić information content (AvgIpc) is 2.17. The van der Waals surface area contributed by atoms with E-state index in [1.54, 1.807) is 6.21 Å². The molecule has 17 heavy (non-hydrogen) atoms. The molecule has 2 N–H and O–H groups in total. The maximum absolute atomic E-state index is 10.7. The van der Waals surface area contributed by atoms with Gasteiger partial charge in [-0.2, -0.15) is 21.6 Å². The Labute approximate surface area is 94.9 Å². The van der Waals surface area contributed by atoms with Crippen molar-refractivity contribution in [2.24, 2.45) is 10.9 Å². The van der Waals surface area contributed by atoms with Gasteiger partial charge in [-0.25, -0.2) is 0 Å². The molecule has 0 spiro atoms. The van der Waals surface area contributed by atoms with E-state index in [1.807, 2.05) is 0 Å². The summed E-state index contributed by atoms with van der Waals surface area (Å²) in [6, 6.07) is 0. The van der Waals surface area contributed by atoms with Gasteiger partial charge in [-0.3, -0.25) is 14.3 Å². The molecule has 0 saturated carbocycles. The maximum atomic E-state index is 10.7. The Morgan fingerprint density at radius 1 is 1.41 bits per heavy atom. The Hall–Kier alpha value is -1.16. The maximum Gasteiger partial charge on any atom is 0.522 e. The van der Waals surface area contributed by atoms with Crippen LogP contribution in [0.4, 0.5) is 13.2 Å². The first-order valence-corrected chi connectivity index (χ1v) is 5.74. The highest BCUT2D eigenvalue weighted by Crippen LogP contribution is 2.20. The molecule has 6 nitrogen and oxygen atoms in total. The number of hydrogen-bond donors (Lipinski definition) is 2. The van der Waals surface area contributed by atoms with E-state index in [4.69, 9.17) is 18.1 Å². The number of nitrogens with zero attached hydrogens (tertiary/aromatic N) is 1. The van der Waals surface area contributed by atoms with E-state index in [9.17, 15) is 18.0 Å². The molecule has 0 aromatic heterocycles. The normalized spacial score (nSPS) is 20.4. The van der Waals surface area contributed by atoms with E-state index in [0.717, 1.165) is 0 Å².